The van der Waals surface area contributed by atoms with Crippen molar-refractivity contribution in [2.75, 3.05) is 37.0 Å². The molecule has 26 heavy (non-hydrogen) atoms. The third kappa shape index (κ3) is 5.13. The molecule has 0 saturated carbocycles. The molecule has 0 aliphatic rings. The van der Waals surface area contributed by atoms with Gasteiger partial charge in [-0.25, -0.2) is 0 Å². The first-order chi connectivity index (χ1) is 12.3. The van der Waals surface area contributed by atoms with Gasteiger partial charge < -0.3 is 15.1 Å². The molecule has 0 aliphatic carbocycles. The summed E-state index contributed by atoms with van der Waals surface area (Å²) >= 11 is 11.8. The average Bonchev–Trinajstić information content (AvgIpc) is 2.60. The quantitative estimate of drug-likeness (QED) is 0.810. The van der Waals surface area contributed by atoms with Gasteiger partial charge in [0.2, 0.25) is 5.91 Å². The fraction of sp³-hybridized carbons (Fsp3) is 0.263. The van der Waals surface area contributed by atoms with Crippen LogP contribution in [0.15, 0.2) is 42.5 Å². The number of nitrogens with zero attached hydrogens (tertiary/aromatic N) is 2. The van der Waals surface area contributed by atoms with Gasteiger partial charge in [0, 0.05) is 51.0 Å². The predicted octanol–water partition coefficient (Wildman–Crippen LogP) is 3.84. The molecule has 0 saturated heterocycles. The largest absolute Gasteiger partial charge is 0.378 e. The summed E-state index contributed by atoms with van der Waals surface area (Å²) in [6.07, 6.45) is 0. The molecule has 0 radical (unpaired) electrons. The lowest BCUT2D eigenvalue weighted by atomic mass is 10.2. The van der Waals surface area contributed by atoms with Crippen molar-refractivity contribution in [1.82, 2.24) is 5.32 Å². The second-order valence-electron chi connectivity index (χ2n) is 5.97. The van der Waals surface area contributed by atoms with Crippen LogP contribution in [0, 0.1) is 0 Å². The monoisotopic (exact) mass is 393 g/mol. The first-order valence-corrected chi connectivity index (χ1v) is 8.84. The molecule has 0 spiro atoms. The van der Waals surface area contributed by atoms with Crippen LogP contribution in [0.5, 0.6) is 0 Å². The van der Waals surface area contributed by atoms with Crippen molar-refractivity contribution in [3.63, 3.8) is 0 Å². The number of carbonyl (C=O) groups excluding carboxylic acids is 2. The van der Waals surface area contributed by atoms with E-state index in [0.717, 1.165) is 11.4 Å². The summed E-state index contributed by atoms with van der Waals surface area (Å²) in [5, 5.41) is 3.51. The van der Waals surface area contributed by atoms with E-state index in [1.807, 2.05) is 43.3 Å². The molecule has 138 valence electrons. The molecule has 7 heteroatoms. The Balaban J connectivity index is 1.99. The Morgan fingerprint density at radius 1 is 0.962 bits per heavy atom. The molecular formula is C19H21Cl2N3O2. The van der Waals surface area contributed by atoms with Crippen LogP contribution in [0.25, 0.3) is 0 Å². The van der Waals surface area contributed by atoms with Crippen molar-refractivity contribution in [2.24, 2.45) is 0 Å². The fourth-order valence-electron chi connectivity index (χ4n) is 2.42. The number of anilines is 2. The Morgan fingerprint density at radius 2 is 1.58 bits per heavy atom. The van der Waals surface area contributed by atoms with Crippen LogP contribution in [0.4, 0.5) is 11.4 Å². The summed E-state index contributed by atoms with van der Waals surface area (Å²) in [6, 6.07) is 12.4. The molecule has 2 amide bonds. The van der Waals surface area contributed by atoms with E-state index in [9.17, 15) is 9.59 Å². The molecule has 2 rings (SSSR count). The Labute approximate surface area is 163 Å². The highest BCUT2D eigenvalue weighted by atomic mass is 35.5. The molecule has 1 N–H and O–H groups in total. The van der Waals surface area contributed by atoms with Gasteiger partial charge in [0.15, 0.2) is 0 Å². The second-order valence-corrected chi connectivity index (χ2v) is 6.78. The van der Waals surface area contributed by atoms with Crippen molar-refractivity contribution >= 4 is 46.4 Å². The van der Waals surface area contributed by atoms with Gasteiger partial charge in [-0.05, 0) is 42.5 Å². The van der Waals surface area contributed by atoms with Gasteiger partial charge in [-0.1, -0.05) is 23.2 Å². The molecule has 0 aliphatic heterocycles. The van der Waals surface area contributed by atoms with E-state index in [4.69, 9.17) is 23.2 Å². The van der Waals surface area contributed by atoms with Crippen LogP contribution in [-0.4, -0.2) is 39.0 Å². The highest BCUT2D eigenvalue weighted by Crippen LogP contribution is 2.22. The number of hydrogen-bond donors (Lipinski definition) is 1. The minimum atomic E-state index is -0.268. The molecule has 0 aromatic heterocycles. The van der Waals surface area contributed by atoms with E-state index in [0.29, 0.717) is 28.7 Å². The first kappa shape index (κ1) is 20.1. The van der Waals surface area contributed by atoms with Gasteiger partial charge in [-0.3, -0.25) is 9.59 Å². The lowest BCUT2D eigenvalue weighted by Gasteiger charge is -2.22. The normalized spacial score (nSPS) is 10.3. The van der Waals surface area contributed by atoms with Crippen molar-refractivity contribution < 1.29 is 9.59 Å². The zero-order valence-electron chi connectivity index (χ0n) is 14.9. The third-order valence-electron chi connectivity index (χ3n) is 3.86. The first-order valence-electron chi connectivity index (χ1n) is 8.08. The van der Waals surface area contributed by atoms with E-state index in [2.05, 4.69) is 5.32 Å². The highest BCUT2D eigenvalue weighted by Gasteiger charge is 2.13. The van der Waals surface area contributed by atoms with Gasteiger partial charge in [-0.15, -0.1) is 0 Å². The zero-order valence-corrected chi connectivity index (χ0v) is 16.4. The van der Waals surface area contributed by atoms with Gasteiger partial charge in [0.05, 0.1) is 10.0 Å². The van der Waals surface area contributed by atoms with Crippen molar-refractivity contribution in [3.8, 4) is 0 Å². The van der Waals surface area contributed by atoms with Crippen LogP contribution >= 0.6 is 23.2 Å². The van der Waals surface area contributed by atoms with E-state index in [-0.39, 0.29) is 11.8 Å². The standard InChI is InChI=1S/C19H21Cl2N3O2/c1-13(25)24(16-7-5-15(6-8-16)23(2)3)11-10-22-19(26)14-4-9-17(20)18(21)12-14/h4-9,12H,10-11H2,1-3H3,(H,22,26). The lowest BCUT2D eigenvalue weighted by molar-refractivity contribution is -0.116. The number of carbonyl (C=O) groups is 2. The summed E-state index contributed by atoms with van der Waals surface area (Å²) < 4.78 is 0. The van der Waals surface area contributed by atoms with Gasteiger partial charge in [-0.2, -0.15) is 0 Å². The number of nitrogens with one attached hydrogen (secondary N) is 1. The Bertz CT molecular complexity index is 792. The molecule has 0 atom stereocenters. The maximum atomic E-state index is 12.2. The summed E-state index contributed by atoms with van der Waals surface area (Å²) in [6.45, 7) is 2.18. The fourth-order valence-corrected chi connectivity index (χ4v) is 2.72. The molecule has 0 bridgehead atoms. The van der Waals surface area contributed by atoms with Gasteiger partial charge in [0.25, 0.3) is 5.91 Å². The van der Waals surface area contributed by atoms with E-state index in [1.54, 1.807) is 17.0 Å². The minimum absolute atomic E-state index is 0.0913. The highest BCUT2D eigenvalue weighted by molar-refractivity contribution is 6.42. The Hall–Kier alpha value is -2.24. The van der Waals surface area contributed by atoms with E-state index < -0.39 is 0 Å². The molecule has 0 heterocycles. The molecule has 5 nitrogen and oxygen atoms in total. The topological polar surface area (TPSA) is 52.7 Å². The lowest BCUT2D eigenvalue weighted by Crippen LogP contribution is -2.37. The van der Waals surface area contributed by atoms with E-state index in [1.165, 1.54) is 13.0 Å². The minimum Gasteiger partial charge on any atom is -0.378 e. The second kappa shape index (κ2) is 8.92. The SMILES string of the molecule is CC(=O)N(CCNC(=O)c1ccc(Cl)c(Cl)c1)c1ccc(N(C)C)cc1. The van der Waals surface area contributed by atoms with Crippen LogP contribution in [-0.2, 0) is 4.79 Å². The van der Waals surface area contributed by atoms with Crippen molar-refractivity contribution in [3.05, 3.63) is 58.1 Å². The number of rotatable bonds is 6. The van der Waals surface area contributed by atoms with Crippen LogP contribution < -0.4 is 15.1 Å². The Morgan fingerprint density at radius 3 is 2.12 bits per heavy atom. The number of halogens is 2. The predicted molar refractivity (Wildman–Crippen MR) is 108 cm³/mol. The number of hydrogen-bond acceptors (Lipinski definition) is 3. The van der Waals surface area contributed by atoms with Crippen molar-refractivity contribution in [1.29, 1.82) is 0 Å². The third-order valence-corrected chi connectivity index (χ3v) is 4.60. The number of benzene rings is 2. The zero-order chi connectivity index (χ0) is 19.3. The maximum absolute atomic E-state index is 12.2. The number of amides is 2. The summed E-state index contributed by atoms with van der Waals surface area (Å²) in [7, 11) is 3.91. The van der Waals surface area contributed by atoms with Gasteiger partial charge in [0.1, 0.15) is 0 Å². The summed E-state index contributed by atoms with van der Waals surface area (Å²) in [5.74, 6) is -0.360. The Kier molecular flexibility index (Phi) is 6.89. The molecule has 0 unspecified atom stereocenters. The summed E-state index contributed by atoms with van der Waals surface area (Å²) in [5.41, 5.74) is 2.25. The van der Waals surface area contributed by atoms with Crippen LogP contribution in [0.3, 0.4) is 0 Å². The van der Waals surface area contributed by atoms with Gasteiger partial charge >= 0.3 is 0 Å². The average molecular weight is 394 g/mol. The molecule has 0 fully saturated rings. The molecular weight excluding hydrogens is 373 g/mol. The van der Waals surface area contributed by atoms with Crippen LogP contribution in [0.1, 0.15) is 17.3 Å². The smallest absolute Gasteiger partial charge is 0.251 e. The molecule has 2 aromatic carbocycles. The van der Waals surface area contributed by atoms with Crippen LogP contribution in [0.2, 0.25) is 10.0 Å². The van der Waals surface area contributed by atoms with Crippen molar-refractivity contribution in [2.45, 2.75) is 6.92 Å². The maximum Gasteiger partial charge on any atom is 0.251 e. The summed E-state index contributed by atoms with van der Waals surface area (Å²) in [4.78, 5) is 27.8. The molecule has 2 aromatic rings. The van der Waals surface area contributed by atoms with E-state index >= 15 is 0 Å².